The van der Waals surface area contributed by atoms with Gasteiger partial charge < -0.3 is 21.1 Å². The number of urea groups is 1. The number of primary amides is 1. The van der Waals surface area contributed by atoms with E-state index in [1.165, 1.54) is 10.4 Å². The van der Waals surface area contributed by atoms with Gasteiger partial charge in [-0.2, -0.15) is 4.31 Å². The Labute approximate surface area is 191 Å². The van der Waals surface area contributed by atoms with Crippen LogP contribution in [0, 0.1) is 0 Å². The molecule has 0 aliphatic carbocycles. The highest BCUT2D eigenvalue weighted by atomic mass is 35.5. The Bertz CT molecular complexity index is 1070. The topological polar surface area (TPSA) is 131 Å². The summed E-state index contributed by atoms with van der Waals surface area (Å²) in [5.41, 5.74) is 6.27. The first-order valence-electron chi connectivity index (χ1n) is 10.0. The molecule has 11 heteroatoms. The number of nitrogens with two attached hydrogens (primary N) is 1. The number of amides is 3. The first-order chi connectivity index (χ1) is 15.3. The van der Waals surface area contributed by atoms with Gasteiger partial charge in [-0.15, -0.1) is 0 Å². The van der Waals surface area contributed by atoms with E-state index in [-0.39, 0.29) is 31.0 Å². The van der Waals surface area contributed by atoms with Crippen molar-refractivity contribution in [1.82, 2.24) is 14.9 Å². The molecular weight excluding hydrogens is 456 g/mol. The lowest BCUT2D eigenvalue weighted by molar-refractivity contribution is -0.121. The summed E-state index contributed by atoms with van der Waals surface area (Å²) in [7, 11) is -3.72. The van der Waals surface area contributed by atoms with E-state index in [2.05, 4.69) is 10.6 Å². The van der Waals surface area contributed by atoms with Gasteiger partial charge >= 0.3 is 6.03 Å². The first kappa shape index (κ1) is 24.0. The number of carbonyl (C=O) groups excluding carboxylic acids is 2. The van der Waals surface area contributed by atoms with Gasteiger partial charge in [0.05, 0.1) is 30.6 Å². The third-order valence-electron chi connectivity index (χ3n) is 5.02. The van der Waals surface area contributed by atoms with Crippen molar-refractivity contribution in [3.05, 3.63) is 64.7 Å². The van der Waals surface area contributed by atoms with Crippen molar-refractivity contribution >= 4 is 33.6 Å². The number of benzene rings is 2. The summed E-state index contributed by atoms with van der Waals surface area (Å²) in [6.45, 7) is 1.25. The fourth-order valence-corrected chi connectivity index (χ4v) is 5.34. The van der Waals surface area contributed by atoms with E-state index in [9.17, 15) is 18.0 Å². The molecule has 0 bridgehead atoms. The highest BCUT2D eigenvalue weighted by molar-refractivity contribution is 7.89. The van der Waals surface area contributed by atoms with Crippen molar-refractivity contribution in [1.29, 1.82) is 0 Å². The van der Waals surface area contributed by atoms with Crippen LogP contribution in [0.1, 0.15) is 23.6 Å². The van der Waals surface area contributed by atoms with Crippen molar-refractivity contribution < 1.29 is 22.7 Å². The Morgan fingerprint density at radius 1 is 1.09 bits per heavy atom. The van der Waals surface area contributed by atoms with Gasteiger partial charge in [0.1, 0.15) is 0 Å². The molecule has 1 fully saturated rings. The molecule has 0 aromatic heterocycles. The molecule has 1 atom stereocenters. The number of ether oxygens (including phenoxy) is 1. The summed E-state index contributed by atoms with van der Waals surface area (Å²) in [5, 5.41) is 5.64. The fraction of sp³-hybridized carbons (Fsp3) is 0.333. The summed E-state index contributed by atoms with van der Waals surface area (Å²) in [5.74, 6) is -0.401. The maximum Gasteiger partial charge on any atom is 0.312 e. The fourth-order valence-electron chi connectivity index (χ4n) is 3.45. The molecule has 0 saturated carbocycles. The predicted molar refractivity (Wildman–Crippen MR) is 119 cm³/mol. The van der Waals surface area contributed by atoms with Gasteiger partial charge in [-0.1, -0.05) is 48.0 Å². The monoisotopic (exact) mass is 480 g/mol. The largest absolute Gasteiger partial charge is 0.379 e. The second-order valence-electron chi connectivity index (χ2n) is 7.19. The van der Waals surface area contributed by atoms with Crippen LogP contribution in [0.2, 0.25) is 5.02 Å². The number of halogens is 1. The molecule has 0 spiro atoms. The average Bonchev–Trinajstić information content (AvgIpc) is 2.78. The Kier molecular flexibility index (Phi) is 8.08. The van der Waals surface area contributed by atoms with Crippen LogP contribution < -0.4 is 16.4 Å². The van der Waals surface area contributed by atoms with E-state index in [0.29, 0.717) is 29.4 Å². The Hall–Kier alpha value is -2.66. The van der Waals surface area contributed by atoms with Crippen molar-refractivity contribution in [3.8, 4) is 0 Å². The molecule has 172 valence electrons. The number of hydrogen-bond acceptors (Lipinski definition) is 5. The molecule has 0 radical (unpaired) electrons. The molecule has 1 saturated heterocycles. The van der Waals surface area contributed by atoms with E-state index in [1.807, 2.05) is 0 Å². The smallest absolute Gasteiger partial charge is 0.312 e. The molecule has 1 aliphatic heterocycles. The highest BCUT2D eigenvalue weighted by Gasteiger charge is 2.28. The summed E-state index contributed by atoms with van der Waals surface area (Å²) in [6, 6.07) is 11.8. The maximum absolute atomic E-state index is 13.1. The van der Waals surface area contributed by atoms with E-state index in [0.717, 1.165) is 0 Å². The second-order valence-corrected chi connectivity index (χ2v) is 9.50. The molecule has 3 rings (SSSR count). The molecule has 32 heavy (non-hydrogen) atoms. The van der Waals surface area contributed by atoms with Gasteiger partial charge in [0.2, 0.25) is 15.9 Å². The number of morpholine rings is 1. The average molecular weight is 481 g/mol. The molecule has 2 aromatic rings. The van der Waals surface area contributed by atoms with Crippen molar-refractivity contribution in [2.45, 2.75) is 23.9 Å². The van der Waals surface area contributed by atoms with E-state index >= 15 is 0 Å². The third-order valence-corrected chi connectivity index (χ3v) is 7.37. The lowest BCUT2D eigenvalue weighted by atomic mass is 10.0. The Morgan fingerprint density at radius 2 is 1.75 bits per heavy atom. The second kappa shape index (κ2) is 10.8. The molecular formula is C21H25ClN4O5S. The maximum atomic E-state index is 13.1. The highest BCUT2D eigenvalue weighted by Crippen LogP contribution is 2.25. The molecule has 4 N–H and O–H groups in total. The van der Waals surface area contributed by atoms with E-state index in [1.54, 1.807) is 42.5 Å². The number of carbonyl (C=O) groups is 2. The van der Waals surface area contributed by atoms with Crippen molar-refractivity contribution in [2.24, 2.45) is 5.73 Å². The van der Waals surface area contributed by atoms with Gasteiger partial charge in [0.25, 0.3) is 0 Å². The molecule has 1 heterocycles. The Balaban J connectivity index is 1.72. The third kappa shape index (κ3) is 5.98. The summed E-state index contributed by atoms with van der Waals surface area (Å²) in [4.78, 5) is 24.2. The quantitative estimate of drug-likeness (QED) is 0.530. The molecule has 2 aromatic carbocycles. The van der Waals surface area contributed by atoms with Crippen LogP contribution in [0.4, 0.5) is 4.79 Å². The van der Waals surface area contributed by atoms with E-state index < -0.39 is 28.0 Å². The molecule has 1 aliphatic rings. The predicted octanol–water partition coefficient (Wildman–Crippen LogP) is 1.78. The number of sulfonamides is 1. The van der Waals surface area contributed by atoms with Crippen LogP contribution in [0.3, 0.4) is 0 Å². The van der Waals surface area contributed by atoms with Gasteiger partial charge in [-0.3, -0.25) is 4.79 Å². The minimum Gasteiger partial charge on any atom is -0.379 e. The van der Waals surface area contributed by atoms with Gasteiger partial charge in [0.15, 0.2) is 0 Å². The lowest BCUT2D eigenvalue weighted by Crippen LogP contribution is -2.41. The Morgan fingerprint density at radius 3 is 2.44 bits per heavy atom. The number of hydrogen-bond donors (Lipinski definition) is 3. The zero-order valence-electron chi connectivity index (χ0n) is 17.3. The minimum atomic E-state index is -3.72. The zero-order chi connectivity index (χ0) is 23.1. The number of nitrogens with zero attached hydrogens (tertiary/aromatic N) is 1. The normalized spacial score (nSPS) is 15.7. The van der Waals surface area contributed by atoms with Gasteiger partial charge in [-0.25, -0.2) is 13.2 Å². The SMILES string of the molecule is NC(=O)NC(CC(=O)NCc1ccccc1S(=O)(=O)N1CCOCC1)c1ccccc1Cl. The first-order valence-corrected chi connectivity index (χ1v) is 11.8. The van der Waals surface area contributed by atoms with Crippen LogP contribution in [0.25, 0.3) is 0 Å². The molecule has 1 unspecified atom stereocenters. The number of nitrogens with one attached hydrogen (secondary N) is 2. The van der Waals surface area contributed by atoms with Crippen LogP contribution >= 0.6 is 11.6 Å². The van der Waals surface area contributed by atoms with Crippen LogP contribution in [0.15, 0.2) is 53.4 Å². The standard InChI is InChI=1S/C21H25ClN4O5S/c22-17-7-3-2-6-16(17)18(25-21(23)28)13-20(27)24-14-15-5-1-4-8-19(15)32(29,30)26-9-11-31-12-10-26/h1-8,18H,9-14H2,(H,24,27)(H3,23,25,28). The molecule has 3 amide bonds. The van der Waals surface area contributed by atoms with Gasteiger partial charge in [0, 0.05) is 24.7 Å². The number of rotatable bonds is 8. The van der Waals surface area contributed by atoms with Crippen LogP contribution in [-0.2, 0) is 26.1 Å². The van der Waals surface area contributed by atoms with Crippen molar-refractivity contribution in [3.63, 3.8) is 0 Å². The lowest BCUT2D eigenvalue weighted by Gasteiger charge is -2.27. The minimum absolute atomic E-state index is 0.00436. The van der Waals surface area contributed by atoms with E-state index in [4.69, 9.17) is 22.1 Å². The van der Waals surface area contributed by atoms with Crippen LogP contribution in [-0.4, -0.2) is 51.0 Å². The van der Waals surface area contributed by atoms with Gasteiger partial charge in [-0.05, 0) is 23.3 Å². The summed E-state index contributed by atoms with van der Waals surface area (Å²) >= 11 is 6.20. The summed E-state index contributed by atoms with van der Waals surface area (Å²) < 4.78 is 32.7. The zero-order valence-corrected chi connectivity index (χ0v) is 18.9. The van der Waals surface area contributed by atoms with Crippen molar-refractivity contribution in [2.75, 3.05) is 26.3 Å². The molecule has 9 nitrogen and oxygen atoms in total. The summed E-state index contributed by atoms with van der Waals surface area (Å²) in [6.07, 6.45) is -0.120. The van der Waals surface area contributed by atoms with Crippen LogP contribution in [0.5, 0.6) is 0 Å².